The molecule has 4 nitrogen and oxygen atoms in total. The van der Waals surface area contributed by atoms with Gasteiger partial charge in [0.15, 0.2) is 5.78 Å². The Labute approximate surface area is 140 Å². The molecule has 1 N–H and O–H groups in total. The fourth-order valence-corrected chi connectivity index (χ4v) is 3.31. The van der Waals surface area contributed by atoms with Gasteiger partial charge in [0.05, 0.1) is 5.60 Å². The molecule has 0 unspecified atom stereocenters. The minimum Gasteiger partial charge on any atom is -0.385 e. The lowest BCUT2D eigenvalue weighted by molar-refractivity contribution is 0.0117. The maximum absolute atomic E-state index is 11.3. The first-order chi connectivity index (χ1) is 11.0. The number of halogens is 1. The molecule has 1 aromatic heterocycles. The summed E-state index contributed by atoms with van der Waals surface area (Å²) in [6.07, 6.45) is 2.78. The van der Waals surface area contributed by atoms with E-state index in [1.165, 1.54) is 6.92 Å². The molecule has 0 bridgehead atoms. The maximum atomic E-state index is 11.3. The Bertz CT molecular complexity index is 707. The predicted octanol–water partition coefficient (Wildman–Crippen LogP) is 3.43. The van der Waals surface area contributed by atoms with E-state index >= 15 is 0 Å². The SMILES string of the molecule is CC(=O)c1ccc(N2CCC(O)(c3ccccc3Cl)CC2)nc1. The van der Waals surface area contributed by atoms with E-state index < -0.39 is 5.60 Å². The van der Waals surface area contributed by atoms with Crippen LogP contribution >= 0.6 is 11.6 Å². The van der Waals surface area contributed by atoms with E-state index in [1.54, 1.807) is 12.3 Å². The van der Waals surface area contributed by atoms with E-state index in [0.29, 0.717) is 36.5 Å². The first kappa shape index (κ1) is 16.0. The van der Waals surface area contributed by atoms with Gasteiger partial charge in [-0.15, -0.1) is 0 Å². The number of carbonyl (C=O) groups excluding carboxylic acids is 1. The minimum absolute atomic E-state index is 0.00999. The summed E-state index contributed by atoms with van der Waals surface area (Å²) in [7, 11) is 0. The van der Waals surface area contributed by atoms with E-state index in [9.17, 15) is 9.90 Å². The molecular formula is C18H19ClN2O2. The van der Waals surface area contributed by atoms with Crippen LogP contribution in [0.25, 0.3) is 0 Å². The van der Waals surface area contributed by atoms with Crippen molar-refractivity contribution < 1.29 is 9.90 Å². The molecule has 3 rings (SSSR count). The highest BCUT2D eigenvalue weighted by atomic mass is 35.5. The van der Waals surface area contributed by atoms with Crippen molar-refractivity contribution in [2.75, 3.05) is 18.0 Å². The molecule has 2 aromatic rings. The molecule has 0 spiro atoms. The van der Waals surface area contributed by atoms with E-state index in [1.807, 2.05) is 30.3 Å². The van der Waals surface area contributed by atoms with Gasteiger partial charge in [0.2, 0.25) is 0 Å². The number of anilines is 1. The number of carbonyl (C=O) groups is 1. The highest BCUT2D eigenvalue weighted by Gasteiger charge is 2.35. The zero-order valence-electron chi connectivity index (χ0n) is 13.0. The number of pyridine rings is 1. The molecule has 120 valence electrons. The summed E-state index contributed by atoms with van der Waals surface area (Å²) in [5, 5.41) is 11.5. The fourth-order valence-electron chi connectivity index (χ4n) is 3.00. The summed E-state index contributed by atoms with van der Waals surface area (Å²) < 4.78 is 0. The van der Waals surface area contributed by atoms with Gasteiger partial charge in [-0.2, -0.15) is 0 Å². The third kappa shape index (κ3) is 3.23. The summed E-state index contributed by atoms with van der Waals surface area (Å²) >= 11 is 6.23. The van der Waals surface area contributed by atoms with Crippen LogP contribution in [0.1, 0.15) is 35.7 Å². The molecule has 1 saturated heterocycles. The van der Waals surface area contributed by atoms with E-state index in [4.69, 9.17) is 11.6 Å². The molecule has 0 atom stereocenters. The molecule has 1 aromatic carbocycles. The van der Waals surface area contributed by atoms with Gasteiger partial charge in [0.25, 0.3) is 0 Å². The normalized spacial score (nSPS) is 17.1. The molecule has 5 heteroatoms. The first-order valence-corrected chi connectivity index (χ1v) is 8.07. The lowest BCUT2D eigenvalue weighted by Crippen LogP contribution is -2.43. The number of hydrogen-bond acceptors (Lipinski definition) is 4. The van der Waals surface area contributed by atoms with Crippen LogP contribution in [0, 0.1) is 0 Å². The van der Waals surface area contributed by atoms with Gasteiger partial charge < -0.3 is 10.0 Å². The van der Waals surface area contributed by atoms with Gasteiger partial charge >= 0.3 is 0 Å². The number of nitrogens with zero attached hydrogens (tertiary/aromatic N) is 2. The van der Waals surface area contributed by atoms with Gasteiger partial charge in [-0.1, -0.05) is 29.8 Å². The van der Waals surface area contributed by atoms with Crippen LogP contribution in [-0.4, -0.2) is 29.0 Å². The molecule has 1 fully saturated rings. The second-order valence-electron chi connectivity index (χ2n) is 5.96. The number of piperidine rings is 1. The van der Waals surface area contributed by atoms with Crippen LogP contribution in [0.2, 0.25) is 5.02 Å². The van der Waals surface area contributed by atoms with Crippen LogP contribution in [0.5, 0.6) is 0 Å². The number of ketones is 1. The first-order valence-electron chi connectivity index (χ1n) is 7.69. The average molecular weight is 331 g/mol. The van der Waals surface area contributed by atoms with Crippen molar-refractivity contribution in [1.29, 1.82) is 0 Å². The average Bonchev–Trinajstić information content (AvgIpc) is 2.56. The molecule has 1 aliphatic rings. The van der Waals surface area contributed by atoms with Crippen molar-refractivity contribution in [3.8, 4) is 0 Å². The van der Waals surface area contributed by atoms with Gasteiger partial charge in [-0.3, -0.25) is 4.79 Å². The van der Waals surface area contributed by atoms with E-state index in [0.717, 1.165) is 11.4 Å². The highest BCUT2D eigenvalue weighted by molar-refractivity contribution is 6.31. The topological polar surface area (TPSA) is 53.4 Å². The summed E-state index contributed by atoms with van der Waals surface area (Å²) in [5.74, 6) is 0.840. The zero-order chi connectivity index (χ0) is 16.4. The number of hydrogen-bond donors (Lipinski definition) is 1. The van der Waals surface area contributed by atoms with Crippen molar-refractivity contribution in [3.05, 3.63) is 58.7 Å². The van der Waals surface area contributed by atoms with Crippen LogP contribution in [0.3, 0.4) is 0 Å². The Kier molecular flexibility index (Phi) is 4.37. The number of rotatable bonds is 3. The Hall–Kier alpha value is -1.91. The van der Waals surface area contributed by atoms with Crippen molar-refractivity contribution in [2.45, 2.75) is 25.4 Å². The second-order valence-corrected chi connectivity index (χ2v) is 6.37. The highest BCUT2D eigenvalue weighted by Crippen LogP contribution is 2.37. The third-order valence-electron chi connectivity index (χ3n) is 4.44. The quantitative estimate of drug-likeness (QED) is 0.876. The van der Waals surface area contributed by atoms with Crippen molar-refractivity contribution in [3.63, 3.8) is 0 Å². The van der Waals surface area contributed by atoms with E-state index in [-0.39, 0.29) is 5.78 Å². The van der Waals surface area contributed by atoms with Crippen molar-refractivity contribution in [2.24, 2.45) is 0 Å². The molecule has 1 aliphatic heterocycles. The predicted molar refractivity (Wildman–Crippen MR) is 91.0 cm³/mol. The zero-order valence-corrected chi connectivity index (χ0v) is 13.8. The molecule has 0 aliphatic carbocycles. The monoisotopic (exact) mass is 330 g/mol. The van der Waals surface area contributed by atoms with Crippen LogP contribution in [-0.2, 0) is 5.60 Å². The number of Topliss-reactive ketones (excluding diaryl/α,β-unsaturated/α-hetero) is 1. The lowest BCUT2D eigenvalue weighted by atomic mass is 9.84. The number of aromatic nitrogens is 1. The number of aliphatic hydroxyl groups is 1. The Morgan fingerprint density at radius 2 is 1.91 bits per heavy atom. The Balaban J connectivity index is 1.73. The van der Waals surface area contributed by atoms with Crippen molar-refractivity contribution in [1.82, 2.24) is 4.98 Å². The standard InChI is InChI=1S/C18H19ClN2O2/c1-13(22)14-6-7-17(20-12-14)21-10-8-18(23,9-11-21)15-4-2-3-5-16(15)19/h2-7,12,23H,8-11H2,1H3. The summed E-state index contributed by atoms with van der Waals surface area (Å²) in [5.41, 5.74) is 0.508. The fraction of sp³-hybridized carbons (Fsp3) is 0.333. The molecule has 2 heterocycles. The van der Waals surface area contributed by atoms with Crippen LogP contribution in [0.15, 0.2) is 42.6 Å². The van der Waals surface area contributed by atoms with Crippen LogP contribution in [0.4, 0.5) is 5.82 Å². The lowest BCUT2D eigenvalue weighted by Gasteiger charge is -2.39. The molecule has 0 saturated carbocycles. The van der Waals surface area contributed by atoms with E-state index in [2.05, 4.69) is 9.88 Å². The molecule has 0 amide bonds. The number of benzene rings is 1. The van der Waals surface area contributed by atoms with Gasteiger partial charge in [0, 0.05) is 35.4 Å². The minimum atomic E-state index is -0.895. The molecule has 23 heavy (non-hydrogen) atoms. The second kappa shape index (κ2) is 6.30. The maximum Gasteiger partial charge on any atom is 0.161 e. The summed E-state index contributed by atoms with van der Waals surface area (Å²) in [6.45, 7) is 2.91. The summed E-state index contributed by atoms with van der Waals surface area (Å²) in [4.78, 5) is 17.8. The smallest absolute Gasteiger partial charge is 0.161 e. The molecular weight excluding hydrogens is 312 g/mol. The van der Waals surface area contributed by atoms with Crippen LogP contribution < -0.4 is 4.90 Å². The Morgan fingerprint density at radius 1 is 1.22 bits per heavy atom. The Morgan fingerprint density at radius 3 is 2.48 bits per heavy atom. The molecule has 0 radical (unpaired) electrons. The summed E-state index contributed by atoms with van der Waals surface area (Å²) in [6, 6.07) is 11.1. The third-order valence-corrected chi connectivity index (χ3v) is 4.77. The van der Waals surface area contributed by atoms with Crippen molar-refractivity contribution >= 4 is 23.2 Å². The largest absolute Gasteiger partial charge is 0.385 e. The van der Waals surface area contributed by atoms with Gasteiger partial charge in [-0.25, -0.2) is 4.98 Å². The van der Waals surface area contributed by atoms with Gasteiger partial charge in [-0.05, 0) is 38.0 Å². The van der Waals surface area contributed by atoms with Gasteiger partial charge in [0.1, 0.15) is 5.82 Å².